The van der Waals surface area contributed by atoms with Crippen LogP contribution in [0.1, 0.15) is 18.4 Å². The highest BCUT2D eigenvalue weighted by Gasteiger charge is 2.28. The van der Waals surface area contributed by atoms with Crippen LogP contribution in [0.3, 0.4) is 0 Å². The molecule has 0 radical (unpaired) electrons. The number of piperidine rings is 1. The first-order valence-electron chi connectivity index (χ1n) is 9.59. The summed E-state index contributed by atoms with van der Waals surface area (Å²) in [6, 6.07) is 7.62. The fraction of sp³-hybridized carbons (Fsp3) is 0.650. The van der Waals surface area contributed by atoms with Gasteiger partial charge in [0.2, 0.25) is 0 Å². The summed E-state index contributed by atoms with van der Waals surface area (Å²) in [6.07, 6.45) is 0.883. The Kier molecular flexibility index (Phi) is 6.88. The molecule has 1 aromatic carbocycles. The number of aliphatic hydroxyl groups is 1. The zero-order valence-electron chi connectivity index (χ0n) is 15.6. The lowest BCUT2D eigenvalue weighted by molar-refractivity contribution is -0.143. The van der Waals surface area contributed by atoms with E-state index in [2.05, 4.69) is 4.90 Å². The number of carbonyl (C=O) groups is 1. The Labute approximate surface area is 155 Å². The van der Waals surface area contributed by atoms with Crippen LogP contribution in [0, 0.1) is 12.8 Å². The lowest BCUT2D eigenvalue weighted by Gasteiger charge is -2.36. The van der Waals surface area contributed by atoms with Gasteiger partial charge < -0.3 is 19.5 Å². The van der Waals surface area contributed by atoms with E-state index in [1.54, 1.807) is 4.90 Å². The maximum Gasteiger partial charge on any atom is 0.254 e. The Morgan fingerprint density at radius 3 is 2.62 bits per heavy atom. The number of morpholine rings is 1. The number of hydrogen-bond acceptors (Lipinski definition) is 5. The van der Waals surface area contributed by atoms with E-state index in [4.69, 9.17) is 9.47 Å². The minimum absolute atomic E-state index is 0.00259. The van der Waals surface area contributed by atoms with Crippen molar-refractivity contribution in [1.29, 1.82) is 0 Å². The SMILES string of the molecule is Cc1ccccc1OC[C@@H](O)C(=O)N1CCC(CN2CCOCC2)CC1. The lowest BCUT2D eigenvalue weighted by Crippen LogP contribution is -2.47. The van der Waals surface area contributed by atoms with Crippen LogP contribution in [0.5, 0.6) is 5.75 Å². The normalized spacial score (nSPS) is 20.8. The summed E-state index contributed by atoms with van der Waals surface area (Å²) < 4.78 is 11.0. The van der Waals surface area contributed by atoms with E-state index in [1.165, 1.54) is 0 Å². The predicted octanol–water partition coefficient (Wildman–Crippen LogP) is 1.31. The van der Waals surface area contributed by atoms with E-state index in [0.29, 0.717) is 11.7 Å². The second kappa shape index (κ2) is 9.35. The van der Waals surface area contributed by atoms with Crippen LogP contribution in [-0.2, 0) is 9.53 Å². The quantitative estimate of drug-likeness (QED) is 0.827. The second-order valence-electron chi connectivity index (χ2n) is 7.27. The number of carbonyl (C=O) groups excluding carboxylic acids is 1. The molecule has 2 aliphatic rings. The van der Waals surface area contributed by atoms with Crippen molar-refractivity contribution in [2.45, 2.75) is 25.9 Å². The summed E-state index contributed by atoms with van der Waals surface area (Å²) in [7, 11) is 0. The number of para-hydroxylation sites is 1. The lowest BCUT2D eigenvalue weighted by atomic mass is 9.95. The first-order chi connectivity index (χ1) is 12.6. The van der Waals surface area contributed by atoms with E-state index in [1.807, 2.05) is 31.2 Å². The topological polar surface area (TPSA) is 62.2 Å². The molecule has 1 aromatic rings. The van der Waals surface area contributed by atoms with Crippen LogP contribution in [0.2, 0.25) is 0 Å². The van der Waals surface area contributed by atoms with Crippen LogP contribution < -0.4 is 4.74 Å². The van der Waals surface area contributed by atoms with Gasteiger partial charge in [0.05, 0.1) is 13.2 Å². The van der Waals surface area contributed by atoms with Crippen LogP contribution in [0.4, 0.5) is 0 Å². The summed E-state index contributed by atoms with van der Waals surface area (Å²) >= 11 is 0. The second-order valence-corrected chi connectivity index (χ2v) is 7.27. The van der Waals surface area contributed by atoms with Gasteiger partial charge in [0.15, 0.2) is 6.10 Å². The molecule has 2 heterocycles. The van der Waals surface area contributed by atoms with Crippen LogP contribution >= 0.6 is 0 Å². The maximum atomic E-state index is 12.5. The zero-order chi connectivity index (χ0) is 18.4. The summed E-state index contributed by atoms with van der Waals surface area (Å²) in [4.78, 5) is 16.7. The molecule has 6 nitrogen and oxygen atoms in total. The summed E-state index contributed by atoms with van der Waals surface area (Å²) in [5, 5.41) is 10.2. The number of rotatable bonds is 6. The minimum atomic E-state index is -1.11. The fourth-order valence-electron chi connectivity index (χ4n) is 3.65. The number of aliphatic hydroxyl groups excluding tert-OH is 1. The van der Waals surface area contributed by atoms with Gasteiger partial charge in [0.1, 0.15) is 12.4 Å². The van der Waals surface area contributed by atoms with Crippen LogP contribution in [-0.4, -0.2) is 79.5 Å². The number of nitrogens with zero attached hydrogens (tertiary/aromatic N) is 2. The standard InChI is InChI=1S/C20H30N2O4/c1-16-4-2-3-5-19(16)26-15-18(23)20(24)22-8-6-17(7-9-22)14-21-10-12-25-13-11-21/h2-5,17-18,23H,6-15H2,1H3/t18-/m1/s1. The van der Waals surface area contributed by atoms with Gasteiger partial charge in [0.25, 0.3) is 5.91 Å². The molecule has 1 amide bonds. The van der Waals surface area contributed by atoms with Gasteiger partial charge in [-0.25, -0.2) is 0 Å². The summed E-state index contributed by atoms with van der Waals surface area (Å²) in [5.74, 6) is 1.12. The summed E-state index contributed by atoms with van der Waals surface area (Å²) in [6.45, 7) is 8.13. The predicted molar refractivity (Wildman–Crippen MR) is 99.2 cm³/mol. The average Bonchev–Trinajstić information content (AvgIpc) is 2.68. The number of likely N-dealkylation sites (tertiary alicyclic amines) is 1. The molecular weight excluding hydrogens is 332 g/mol. The van der Waals surface area contributed by atoms with Crippen molar-refractivity contribution in [2.24, 2.45) is 5.92 Å². The highest BCUT2D eigenvalue weighted by molar-refractivity contribution is 5.80. The molecule has 0 spiro atoms. The van der Waals surface area contributed by atoms with E-state index < -0.39 is 6.10 Å². The van der Waals surface area contributed by atoms with E-state index >= 15 is 0 Å². The van der Waals surface area contributed by atoms with Gasteiger partial charge >= 0.3 is 0 Å². The van der Waals surface area contributed by atoms with Gasteiger partial charge in [0, 0.05) is 32.7 Å². The Bertz CT molecular complexity index is 581. The molecule has 0 aliphatic carbocycles. The first-order valence-corrected chi connectivity index (χ1v) is 9.59. The van der Waals surface area contributed by atoms with E-state index in [9.17, 15) is 9.90 Å². The van der Waals surface area contributed by atoms with Crippen molar-refractivity contribution in [3.05, 3.63) is 29.8 Å². The Balaban J connectivity index is 1.40. The molecule has 2 aliphatic heterocycles. The monoisotopic (exact) mass is 362 g/mol. The number of hydrogen-bond donors (Lipinski definition) is 1. The fourth-order valence-corrected chi connectivity index (χ4v) is 3.65. The molecule has 6 heteroatoms. The van der Waals surface area contributed by atoms with Crippen molar-refractivity contribution in [3.63, 3.8) is 0 Å². The van der Waals surface area contributed by atoms with Gasteiger partial charge in [-0.15, -0.1) is 0 Å². The van der Waals surface area contributed by atoms with Gasteiger partial charge in [-0.05, 0) is 37.3 Å². The first kappa shape index (κ1) is 19.1. The molecule has 3 rings (SSSR count). The molecule has 0 unspecified atom stereocenters. The average molecular weight is 362 g/mol. The Hall–Kier alpha value is -1.63. The molecule has 0 bridgehead atoms. The Morgan fingerprint density at radius 2 is 1.92 bits per heavy atom. The number of amides is 1. The van der Waals surface area contributed by atoms with Crippen molar-refractivity contribution in [2.75, 3.05) is 52.5 Å². The van der Waals surface area contributed by atoms with E-state index in [-0.39, 0.29) is 12.5 Å². The highest BCUT2D eigenvalue weighted by Crippen LogP contribution is 2.20. The molecule has 2 saturated heterocycles. The molecule has 1 N–H and O–H groups in total. The Morgan fingerprint density at radius 1 is 1.23 bits per heavy atom. The third kappa shape index (κ3) is 5.19. The third-order valence-electron chi connectivity index (χ3n) is 5.32. The summed E-state index contributed by atoms with van der Waals surface area (Å²) in [5.41, 5.74) is 0.996. The van der Waals surface area contributed by atoms with E-state index in [0.717, 1.165) is 64.3 Å². The van der Waals surface area contributed by atoms with Gasteiger partial charge in [-0.3, -0.25) is 9.69 Å². The van der Waals surface area contributed by atoms with Gasteiger partial charge in [-0.1, -0.05) is 18.2 Å². The van der Waals surface area contributed by atoms with Crippen molar-refractivity contribution >= 4 is 5.91 Å². The van der Waals surface area contributed by atoms with Crippen molar-refractivity contribution < 1.29 is 19.4 Å². The molecule has 144 valence electrons. The zero-order valence-corrected chi connectivity index (χ0v) is 15.6. The van der Waals surface area contributed by atoms with Crippen LogP contribution in [0.15, 0.2) is 24.3 Å². The number of aryl methyl sites for hydroxylation is 1. The molecule has 0 saturated carbocycles. The highest BCUT2D eigenvalue weighted by atomic mass is 16.5. The van der Waals surface area contributed by atoms with Crippen molar-refractivity contribution in [1.82, 2.24) is 9.80 Å². The molecule has 26 heavy (non-hydrogen) atoms. The maximum absolute atomic E-state index is 12.5. The van der Waals surface area contributed by atoms with Crippen molar-refractivity contribution in [3.8, 4) is 5.75 Å². The number of benzene rings is 1. The molecule has 2 fully saturated rings. The molecule has 0 aromatic heterocycles. The van der Waals surface area contributed by atoms with Crippen LogP contribution in [0.25, 0.3) is 0 Å². The number of ether oxygens (including phenoxy) is 2. The third-order valence-corrected chi connectivity index (χ3v) is 5.32. The minimum Gasteiger partial charge on any atom is -0.490 e. The van der Waals surface area contributed by atoms with Gasteiger partial charge in [-0.2, -0.15) is 0 Å². The molecule has 1 atom stereocenters. The molecular formula is C20H30N2O4. The smallest absolute Gasteiger partial charge is 0.254 e. The largest absolute Gasteiger partial charge is 0.490 e.